The highest BCUT2D eigenvalue weighted by molar-refractivity contribution is 6.31. The number of aldehydes is 1. The summed E-state index contributed by atoms with van der Waals surface area (Å²) >= 11 is 5.87. The van der Waals surface area contributed by atoms with Gasteiger partial charge in [-0.1, -0.05) is 17.7 Å². The lowest BCUT2D eigenvalue weighted by molar-refractivity contribution is 0.0150. The molecule has 1 aromatic rings. The maximum Gasteiger partial charge on any atom is 0.150 e. The SMILES string of the molecule is NCCC(O)C(O)c1cc(C=O)ccc1Cl. The van der Waals surface area contributed by atoms with Gasteiger partial charge in [-0.25, -0.2) is 0 Å². The zero-order valence-corrected chi connectivity index (χ0v) is 9.39. The number of nitrogens with two attached hydrogens (primary N) is 1. The summed E-state index contributed by atoms with van der Waals surface area (Å²) in [5.74, 6) is 0. The van der Waals surface area contributed by atoms with E-state index in [9.17, 15) is 15.0 Å². The molecule has 0 bridgehead atoms. The molecule has 0 amide bonds. The van der Waals surface area contributed by atoms with Crippen molar-refractivity contribution in [1.82, 2.24) is 0 Å². The molecular formula is C11H14ClNO3. The van der Waals surface area contributed by atoms with E-state index in [2.05, 4.69) is 0 Å². The molecule has 1 rings (SSSR count). The van der Waals surface area contributed by atoms with Crippen molar-refractivity contribution in [1.29, 1.82) is 0 Å². The minimum absolute atomic E-state index is 0.267. The lowest BCUT2D eigenvalue weighted by Crippen LogP contribution is -2.22. The van der Waals surface area contributed by atoms with E-state index in [1.54, 1.807) is 6.07 Å². The van der Waals surface area contributed by atoms with E-state index in [0.717, 1.165) is 0 Å². The molecule has 5 heteroatoms. The Morgan fingerprint density at radius 2 is 2.12 bits per heavy atom. The van der Waals surface area contributed by atoms with E-state index in [-0.39, 0.29) is 13.0 Å². The fraction of sp³-hybridized carbons (Fsp3) is 0.364. The van der Waals surface area contributed by atoms with Crippen molar-refractivity contribution < 1.29 is 15.0 Å². The first kappa shape index (κ1) is 13.1. The normalized spacial score (nSPS) is 14.5. The van der Waals surface area contributed by atoms with Crippen LogP contribution in [-0.2, 0) is 0 Å². The van der Waals surface area contributed by atoms with Crippen LogP contribution >= 0.6 is 11.6 Å². The first-order valence-corrected chi connectivity index (χ1v) is 5.28. The van der Waals surface area contributed by atoms with Gasteiger partial charge in [0.2, 0.25) is 0 Å². The summed E-state index contributed by atoms with van der Waals surface area (Å²) < 4.78 is 0. The summed E-state index contributed by atoms with van der Waals surface area (Å²) in [7, 11) is 0. The average molecular weight is 244 g/mol. The van der Waals surface area contributed by atoms with E-state index in [0.29, 0.717) is 22.4 Å². The second-order valence-electron chi connectivity index (χ2n) is 3.49. The van der Waals surface area contributed by atoms with Crippen LogP contribution in [0, 0.1) is 0 Å². The molecule has 16 heavy (non-hydrogen) atoms. The molecule has 0 aliphatic rings. The minimum atomic E-state index is -1.13. The Kier molecular flexibility index (Phi) is 4.89. The zero-order valence-electron chi connectivity index (χ0n) is 8.64. The van der Waals surface area contributed by atoms with Crippen LogP contribution in [0.15, 0.2) is 18.2 Å². The van der Waals surface area contributed by atoms with Crippen LogP contribution in [0.4, 0.5) is 0 Å². The largest absolute Gasteiger partial charge is 0.390 e. The molecule has 88 valence electrons. The molecular weight excluding hydrogens is 230 g/mol. The standard InChI is InChI=1S/C11H14ClNO3/c12-9-2-1-7(6-14)5-8(9)11(16)10(15)3-4-13/h1-2,5-6,10-11,15-16H,3-4,13H2. The van der Waals surface area contributed by atoms with E-state index in [1.807, 2.05) is 0 Å². The number of halogens is 1. The first-order chi connectivity index (χ1) is 7.60. The van der Waals surface area contributed by atoms with Gasteiger partial charge in [-0.15, -0.1) is 0 Å². The number of aliphatic hydroxyl groups excluding tert-OH is 2. The number of carbonyl (C=O) groups is 1. The van der Waals surface area contributed by atoms with E-state index in [1.165, 1.54) is 12.1 Å². The fourth-order valence-corrected chi connectivity index (χ4v) is 1.63. The maximum absolute atomic E-state index is 10.6. The van der Waals surface area contributed by atoms with E-state index < -0.39 is 12.2 Å². The van der Waals surface area contributed by atoms with Gasteiger partial charge in [0.05, 0.1) is 6.10 Å². The van der Waals surface area contributed by atoms with Gasteiger partial charge in [0.1, 0.15) is 12.4 Å². The van der Waals surface area contributed by atoms with Crippen LogP contribution in [0.3, 0.4) is 0 Å². The number of rotatable bonds is 5. The zero-order chi connectivity index (χ0) is 12.1. The highest BCUT2D eigenvalue weighted by atomic mass is 35.5. The summed E-state index contributed by atoms with van der Waals surface area (Å²) in [6, 6.07) is 4.51. The second-order valence-corrected chi connectivity index (χ2v) is 3.90. The van der Waals surface area contributed by atoms with Crippen LogP contribution in [-0.4, -0.2) is 29.1 Å². The predicted octanol–water partition coefficient (Wildman–Crippen LogP) is 0.896. The smallest absolute Gasteiger partial charge is 0.150 e. The average Bonchev–Trinajstić information content (AvgIpc) is 2.29. The van der Waals surface area contributed by atoms with Crippen LogP contribution in [0.2, 0.25) is 5.02 Å². The Morgan fingerprint density at radius 3 is 2.69 bits per heavy atom. The second kappa shape index (κ2) is 5.96. The number of carbonyl (C=O) groups excluding carboxylic acids is 1. The van der Waals surface area contributed by atoms with E-state index >= 15 is 0 Å². The summed E-state index contributed by atoms with van der Waals surface area (Å²) in [6.45, 7) is 0.267. The Balaban J connectivity index is 2.97. The van der Waals surface area contributed by atoms with Crippen LogP contribution < -0.4 is 5.73 Å². The summed E-state index contributed by atoms with van der Waals surface area (Å²) in [5, 5.41) is 19.7. The molecule has 2 atom stereocenters. The molecule has 0 aliphatic carbocycles. The Hall–Kier alpha value is -0.940. The van der Waals surface area contributed by atoms with Gasteiger partial charge in [0.15, 0.2) is 0 Å². The number of aliphatic hydroxyl groups is 2. The first-order valence-electron chi connectivity index (χ1n) is 4.91. The highest BCUT2D eigenvalue weighted by Crippen LogP contribution is 2.27. The van der Waals surface area contributed by atoms with Crippen LogP contribution in [0.25, 0.3) is 0 Å². The molecule has 0 aliphatic heterocycles. The summed E-state index contributed by atoms with van der Waals surface area (Å²) in [4.78, 5) is 10.6. The molecule has 2 unspecified atom stereocenters. The van der Waals surface area contributed by atoms with Crippen molar-refractivity contribution >= 4 is 17.9 Å². The molecule has 0 aromatic heterocycles. The third-order valence-corrected chi connectivity index (χ3v) is 2.65. The third-order valence-electron chi connectivity index (χ3n) is 2.30. The molecule has 4 nitrogen and oxygen atoms in total. The molecule has 4 N–H and O–H groups in total. The van der Waals surface area contributed by atoms with Gasteiger partial charge in [0, 0.05) is 16.1 Å². The predicted molar refractivity (Wildman–Crippen MR) is 61.5 cm³/mol. The van der Waals surface area contributed by atoms with Crippen molar-refractivity contribution in [2.45, 2.75) is 18.6 Å². The lowest BCUT2D eigenvalue weighted by Gasteiger charge is -2.18. The van der Waals surface area contributed by atoms with Gasteiger partial charge in [-0.2, -0.15) is 0 Å². The van der Waals surface area contributed by atoms with Gasteiger partial charge in [0.25, 0.3) is 0 Å². The van der Waals surface area contributed by atoms with Gasteiger partial charge < -0.3 is 15.9 Å². The molecule has 0 saturated carbocycles. The topological polar surface area (TPSA) is 83.6 Å². The van der Waals surface area contributed by atoms with Crippen molar-refractivity contribution in [2.24, 2.45) is 5.73 Å². The molecule has 0 radical (unpaired) electrons. The number of hydrogen-bond acceptors (Lipinski definition) is 4. The van der Waals surface area contributed by atoms with Crippen molar-refractivity contribution in [3.63, 3.8) is 0 Å². The van der Waals surface area contributed by atoms with Crippen LogP contribution in [0.5, 0.6) is 0 Å². The Bertz CT molecular complexity index is 370. The van der Waals surface area contributed by atoms with Gasteiger partial charge >= 0.3 is 0 Å². The summed E-state index contributed by atoms with van der Waals surface area (Å²) in [5.41, 5.74) is 6.02. The van der Waals surface area contributed by atoms with Gasteiger partial charge in [-0.05, 0) is 25.1 Å². The van der Waals surface area contributed by atoms with Crippen molar-refractivity contribution in [2.75, 3.05) is 6.54 Å². The monoisotopic (exact) mass is 243 g/mol. The number of hydrogen-bond donors (Lipinski definition) is 3. The maximum atomic E-state index is 10.6. The molecule has 0 saturated heterocycles. The van der Waals surface area contributed by atoms with E-state index in [4.69, 9.17) is 17.3 Å². The molecule has 1 aromatic carbocycles. The van der Waals surface area contributed by atoms with Crippen LogP contribution in [0.1, 0.15) is 28.4 Å². The van der Waals surface area contributed by atoms with Gasteiger partial charge in [-0.3, -0.25) is 4.79 Å². The third kappa shape index (κ3) is 3.02. The lowest BCUT2D eigenvalue weighted by atomic mass is 10.0. The summed E-state index contributed by atoms with van der Waals surface area (Å²) in [6.07, 6.45) is -1.19. The molecule has 0 fully saturated rings. The number of benzene rings is 1. The Labute approximate surface area is 98.6 Å². The minimum Gasteiger partial charge on any atom is -0.390 e. The molecule has 0 spiro atoms. The molecule has 0 heterocycles. The fourth-order valence-electron chi connectivity index (χ4n) is 1.40. The Morgan fingerprint density at radius 1 is 1.44 bits per heavy atom. The quantitative estimate of drug-likeness (QED) is 0.671. The van der Waals surface area contributed by atoms with Crippen molar-refractivity contribution in [3.8, 4) is 0 Å². The highest BCUT2D eigenvalue weighted by Gasteiger charge is 2.20. The van der Waals surface area contributed by atoms with Crippen molar-refractivity contribution in [3.05, 3.63) is 34.3 Å².